The standard InChI is InChI=1S/C23H28N2O3/c1-15(2)12-13-28-20-11-8-16(14-21(20)27-3)22-24-19-7-5-4-6-18(19)23(26)25(22)17-9-10-17/h4-8,11,14-15,17,22,24H,9-10,12-13H2,1-3H3/t22-/m0/s1. The summed E-state index contributed by atoms with van der Waals surface area (Å²) in [6.45, 7) is 5.02. The van der Waals surface area contributed by atoms with Crippen LogP contribution >= 0.6 is 0 Å². The molecule has 5 nitrogen and oxygen atoms in total. The normalized spacial score (nSPS) is 18.6. The average Bonchev–Trinajstić information content (AvgIpc) is 3.53. The zero-order chi connectivity index (χ0) is 19.7. The maximum atomic E-state index is 13.1. The molecule has 1 saturated carbocycles. The zero-order valence-electron chi connectivity index (χ0n) is 16.8. The molecular formula is C23H28N2O3. The molecule has 1 atom stereocenters. The number of hydrogen-bond acceptors (Lipinski definition) is 4. The molecule has 5 heteroatoms. The molecule has 1 aliphatic carbocycles. The summed E-state index contributed by atoms with van der Waals surface area (Å²) in [4.78, 5) is 15.1. The second-order valence-electron chi connectivity index (χ2n) is 7.98. The molecule has 1 amide bonds. The van der Waals surface area contributed by atoms with E-state index in [9.17, 15) is 4.79 Å². The quantitative estimate of drug-likeness (QED) is 0.746. The molecule has 2 aromatic carbocycles. The summed E-state index contributed by atoms with van der Waals surface area (Å²) in [7, 11) is 1.65. The molecule has 0 saturated heterocycles. The van der Waals surface area contributed by atoms with Crippen LogP contribution in [0, 0.1) is 5.92 Å². The van der Waals surface area contributed by atoms with Crippen molar-refractivity contribution in [1.29, 1.82) is 0 Å². The minimum atomic E-state index is -0.200. The average molecular weight is 380 g/mol. The highest BCUT2D eigenvalue weighted by Gasteiger charge is 2.42. The predicted octanol–water partition coefficient (Wildman–Crippen LogP) is 4.85. The van der Waals surface area contributed by atoms with Gasteiger partial charge >= 0.3 is 0 Å². The predicted molar refractivity (Wildman–Crippen MR) is 110 cm³/mol. The van der Waals surface area contributed by atoms with Gasteiger partial charge in [-0.25, -0.2) is 0 Å². The first-order valence-electron chi connectivity index (χ1n) is 10.1. The first kappa shape index (κ1) is 18.7. The third kappa shape index (κ3) is 3.66. The third-order valence-electron chi connectivity index (χ3n) is 5.36. The Balaban J connectivity index is 1.62. The second-order valence-corrected chi connectivity index (χ2v) is 7.98. The number of amides is 1. The van der Waals surface area contributed by atoms with Crippen molar-refractivity contribution in [2.75, 3.05) is 19.0 Å². The van der Waals surface area contributed by atoms with Crippen LogP contribution in [0.15, 0.2) is 42.5 Å². The molecule has 1 fully saturated rings. The van der Waals surface area contributed by atoms with E-state index in [0.717, 1.165) is 41.8 Å². The molecule has 0 unspecified atom stereocenters. The lowest BCUT2D eigenvalue weighted by Crippen LogP contribution is -2.44. The first-order chi connectivity index (χ1) is 13.6. The SMILES string of the molecule is COc1cc([C@H]2Nc3ccccc3C(=O)N2C2CC2)ccc1OCCC(C)C. The van der Waals surface area contributed by atoms with Crippen LogP contribution in [0.3, 0.4) is 0 Å². The fourth-order valence-corrected chi connectivity index (χ4v) is 3.62. The van der Waals surface area contributed by atoms with Crippen LogP contribution in [0.25, 0.3) is 0 Å². The molecule has 0 radical (unpaired) electrons. The Hall–Kier alpha value is -2.69. The van der Waals surface area contributed by atoms with Crippen molar-refractivity contribution in [3.63, 3.8) is 0 Å². The van der Waals surface area contributed by atoms with Gasteiger partial charge in [0.2, 0.25) is 0 Å². The van der Waals surface area contributed by atoms with Crippen molar-refractivity contribution in [1.82, 2.24) is 4.90 Å². The summed E-state index contributed by atoms with van der Waals surface area (Å²) in [6.07, 6.45) is 2.91. The fraction of sp³-hybridized carbons (Fsp3) is 0.435. The van der Waals surface area contributed by atoms with E-state index in [1.807, 2.05) is 47.4 Å². The highest BCUT2D eigenvalue weighted by Crippen LogP contribution is 2.42. The number of benzene rings is 2. The lowest BCUT2D eigenvalue weighted by atomic mass is 10.0. The molecule has 0 spiro atoms. The van der Waals surface area contributed by atoms with Gasteiger partial charge in [-0.05, 0) is 55.0 Å². The Bertz CT molecular complexity index is 861. The molecule has 1 aliphatic heterocycles. The lowest BCUT2D eigenvalue weighted by Gasteiger charge is -2.38. The Morgan fingerprint density at radius 3 is 2.64 bits per heavy atom. The topological polar surface area (TPSA) is 50.8 Å². The third-order valence-corrected chi connectivity index (χ3v) is 5.36. The van der Waals surface area contributed by atoms with Crippen LogP contribution in [0.4, 0.5) is 5.69 Å². The summed E-state index contributed by atoms with van der Waals surface area (Å²) in [5.74, 6) is 2.13. The molecule has 2 aliphatic rings. The molecule has 148 valence electrons. The van der Waals surface area contributed by atoms with Gasteiger partial charge in [-0.15, -0.1) is 0 Å². The number of nitrogens with one attached hydrogen (secondary N) is 1. The van der Waals surface area contributed by atoms with E-state index in [0.29, 0.717) is 24.3 Å². The number of fused-ring (bicyclic) bond motifs is 1. The van der Waals surface area contributed by atoms with Gasteiger partial charge in [0.05, 0.1) is 19.3 Å². The van der Waals surface area contributed by atoms with E-state index >= 15 is 0 Å². The smallest absolute Gasteiger partial charge is 0.258 e. The van der Waals surface area contributed by atoms with Gasteiger partial charge < -0.3 is 19.7 Å². The molecular weight excluding hydrogens is 352 g/mol. The zero-order valence-corrected chi connectivity index (χ0v) is 16.8. The number of para-hydroxylation sites is 1. The van der Waals surface area contributed by atoms with Crippen LogP contribution in [-0.2, 0) is 0 Å². The molecule has 28 heavy (non-hydrogen) atoms. The van der Waals surface area contributed by atoms with E-state index in [4.69, 9.17) is 9.47 Å². The van der Waals surface area contributed by atoms with Crippen molar-refractivity contribution in [2.24, 2.45) is 5.92 Å². The van der Waals surface area contributed by atoms with E-state index in [-0.39, 0.29) is 12.1 Å². The molecule has 1 heterocycles. The van der Waals surface area contributed by atoms with Crippen LogP contribution in [-0.4, -0.2) is 30.6 Å². The van der Waals surface area contributed by atoms with Gasteiger partial charge in [0, 0.05) is 11.7 Å². The number of carbonyl (C=O) groups is 1. The van der Waals surface area contributed by atoms with Crippen molar-refractivity contribution >= 4 is 11.6 Å². The van der Waals surface area contributed by atoms with Gasteiger partial charge in [-0.2, -0.15) is 0 Å². The van der Waals surface area contributed by atoms with E-state index in [1.165, 1.54) is 0 Å². The number of nitrogens with zero attached hydrogens (tertiary/aromatic N) is 1. The van der Waals surface area contributed by atoms with Gasteiger partial charge in [-0.3, -0.25) is 4.79 Å². The summed E-state index contributed by atoms with van der Waals surface area (Å²) in [5, 5.41) is 3.55. The minimum absolute atomic E-state index is 0.0954. The van der Waals surface area contributed by atoms with Gasteiger partial charge in [-0.1, -0.05) is 32.0 Å². The van der Waals surface area contributed by atoms with Crippen LogP contribution in [0.1, 0.15) is 55.2 Å². The van der Waals surface area contributed by atoms with Gasteiger partial charge in [0.15, 0.2) is 11.5 Å². The van der Waals surface area contributed by atoms with Crippen molar-refractivity contribution in [3.05, 3.63) is 53.6 Å². The molecule has 0 bridgehead atoms. The summed E-state index contributed by atoms with van der Waals surface area (Å²) in [6, 6.07) is 14.0. The maximum absolute atomic E-state index is 13.1. The number of anilines is 1. The van der Waals surface area contributed by atoms with Crippen molar-refractivity contribution in [2.45, 2.75) is 45.3 Å². The van der Waals surface area contributed by atoms with Crippen molar-refractivity contribution in [3.8, 4) is 11.5 Å². The van der Waals surface area contributed by atoms with Crippen molar-refractivity contribution < 1.29 is 14.3 Å². The minimum Gasteiger partial charge on any atom is -0.493 e. The number of hydrogen-bond donors (Lipinski definition) is 1. The second kappa shape index (κ2) is 7.74. The number of carbonyl (C=O) groups excluding carboxylic acids is 1. The monoisotopic (exact) mass is 380 g/mol. The van der Waals surface area contributed by atoms with E-state index in [2.05, 4.69) is 19.2 Å². The highest BCUT2D eigenvalue weighted by atomic mass is 16.5. The maximum Gasteiger partial charge on any atom is 0.258 e. The highest BCUT2D eigenvalue weighted by molar-refractivity contribution is 6.02. The molecule has 2 aromatic rings. The largest absolute Gasteiger partial charge is 0.493 e. The molecule has 1 N–H and O–H groups in total. The van der Waals surface area contributed by atoms with Crippen LogP contribution in [0.5, 0.6) is 11.5 Å². The lowest BCUT2D eigenvalue weighted by molar-refractivity contribution is 0.0666. The summed E-state index contributed by atoms with van der Waals surface area (Å²) < 4.78 is 11.5. The Morgan fingerprint density at radius 2 is 1.93 bits per heavy atom. The van der Waals surface area contributed by atoms with Gasteiger partial charge in [0.1, 0.15) is 6.17 Å². The Kier molecular flexibility index (Phi) is 5.16. The Morgan fingerprint density at radius 1 is 1.14 bits per heavy atom. The molecule has 0 aromatic heterocycles. The van der Waals surface area contributed by atoms with Crippen LogP contribution < -0.4 is 14.8 Å². The van der Waals surface area contributed by atoms with Gasteiger partial charge in [0.25, 0.3) is 5.91 Å². The fourth-order valence-electron chi connectivity index (χ4n) is 3.62. The first-order valence-corrected chi connectivity index (χ1v) is 10.1. The number of rotatable bonds is 7. The number of methoxy groups -OCH3 is 1. The summed E-state index contributed by atoms with van der Waals surface area (Å²) in [5.41, 5.74) is 2.62. The Labute approximate surface area is 166 Å². The van der Waals surface area contributed by atoms with E-state index in [1.54, 1.807) is 7.11 Å². The van der Waals surface area contributed by atoms with Crippen LogP contribution in [0.2, 0.25) is 0 Å². The number of ether oxygens (including phenoxy) is 2. The summed E-state index contributed by atoms with van der Waals surface area (Å²) >= 11 is 0. The molecule has 4 rings (SSSR count). The van der Waals surface area contributed by atoms with E-state index < -0.39 is 0 Å².